The summed E-state index contributed by atoms with van der Waals surface area (Å²) in [7, 11) is 1.71. The molecule has 0 spiro atoms. The molecule has 0 radical (unpaired) electrons. The Morgan fingerprint density at radius 3 is 2.27 bits per heavy atom. The van der Waals surface area contributed by atoms with Crippen LogP contribution in [0.2, 0.25) is 5.02 Å². The lowest BCUT2D eigenvalue weighted by Gasteiger charge is -2.63. The molecule has 2 fully saturated rings. The van der Waals surface area contributed by atoms with Crippen molar-refractivity contribution < 1.29 is 38.5 Å². The van der Waals surface area contributed by atoms with E-state index < -0.39 is 52.2 Å². The first-order valence-corrected chi connectivity index (χ1v) is 23.7. The van der Waals surface area contributed by atoms with E-state index in [1.165, 1.54) is 4.90 Å². The van der Waals surface area contributed by atoms with Crippen LogP contribution in [0.25, 0.3) is 10.4 Å². The Balaban J connectivity index is 0.906. The molecule has 1 unspecified atom stereocenters. The Labute approximate surface area is 402 Å². The number of hydrogen-bond acceptors (Lipinski definition) is 12. The number of thiazole rings is 1. The van der Waals surface area contributed by atoms with E-state index in [0.717, 1.165) is 21.8 Å². The van der Waals surface area contributed by atoms with Gasteiger partial charge in [0.2, 0.25) is 11.8 Å². The van der Waals surface area contributed by atoms with E-state index >= 15 is 0 Å². The molecule has 3 atom stereocenters. The third-order valence-corrected chi connectivity index (χ3v) is 13.8. The van der Waals surface area contributed by atoms with E-state index in [4.69, 9.17) is 25.8 Å². The number of benzene rings is 3. The molecule has 1 aliphatic heterocycles. The van der Waals surface area contributed by atoms with Crippen LogP contribution in [0.5, 0.6) is 11.5 Å². The van der Waals surface area contributed by atoms with Gasteiger partial charge in [0.05, 0.1) is 45.1 Å². The normalized spacial score (nSPS) is 19.9. The highest BCUT2D eigenvalue weighted by atomic mass is 35.5. The van der Waals surface area contributed by atoms with Crippen molar-refractivity contribution in [2.75, 3.05) is 38.4 Å². The van der Waals surface area contributed by atoms with E-state index in [0.29, 0.717) is 47.1 Å². The van der Waals surface area contributed by atoms with Gasteiger partial charge in [-0.25, -0.2) is 4.98 Å². The molecule has 4 N–H and O–H groups in total. The average molecular weight is 957 g/mol. The molecule has 0 bridgehead atoms. The van der Waals surface area contributed by atoms with Crippen molar-refractivity contribution in [2.45, 2.75) is 105 Å². The van der Waals surface area contributed by atoms with Crippen molar-refractivity contribution in [3.05, 3.63) is 94.1 Å². The maximum Gasteiger partial charge on any atom is 0.261 e. The highest BCUT2D eigenvalue weighted by Gasteiger charge is 2.64. The minimum atomic E-state index is -0.985. The number of hydrogen-bond donors (Lipinski definition) is 4. The van der Waals surface area contributed by atoms with Gasteiger partial charge >= 0.3 is 0 Å². The van der Waals surface area contributed by atoms with Crippen LogP contribution >= 0.6 is 22.9 Å². The lowest BCUT2D eigenvalue weighted by Crippen LogP contribution is -2.74. The molecule has 1 aromatic heterocycles. The fraction of sp³-hybridized carbons (Fsp3) is 0.480. The first-order valence-electron chi connectivity index (χ1n) is 22.4. The number of amides is 4. The van der Waals surface area contributed by atoms with Crippen LogP contribution in [0, 0.1) is 34.5 Å². The van der Waals surface area contributed by atoms with E-state index in [2.05, 4.69) is 54.8 Å². The lowest BCUT2D eigenvalue weighted by molar-refractivity contribution is -0.164. The standard InChI is InChI=1S/C50H62ClN7O8S/c1-30-41(67-29-53-30)31-12-17-34(18-13-31)57(9)56-44(62)39-24-35(59)27-58(39)45(63)42(48(2,3)4)54-40(60)28-64-22-10-11-23-65-36-19-14-32(15-20-36)43(61)55-46-49(5,6)47(50(46,7)8)66-37-21-16-33(26-52)38(51)25-37/h12-21,25,29,35,39,42,46-47,59H,10-11,22-24,27-28H2,1-9H3,(H,54,60)(H,55,61)(H,56,62)/t35-,39+,42?,46?,47?/m1/s1. The molecule has 4 amide bonds. The number of aliphatic hydroxyl groups excluding tert-OH is 1. The van der Waals surface area contributed by atoms with Crippen LogP contribution in [-0.4, -0.2) is 102 Å². The zero-order chi connectivity index (χ0) is 48.8. The maximum atomic E-state index is 14.0. The molecule has 1 aliphatic carbocycles. The monoisotopic (exact) mass is 955 g/mol. The summed E-state index contributed by atoms with van der Waals surface area (Å²) in [5, 5.41) is 27.7. The summed E-state index contributed by atoms with van der Waals surface area (Å²) < 4.78 is 17.9. The molecule has 3 aromatic carbocycles. The number of nitrogens with one attached hydrogen (secondary N) is 3. The summed E-state index contributed by atoms with van der Waals surface area (Å²) in [4.78, 5) is 60.8. The van der Waals surface area contributed by atoms with Crippen LogP contribution in [0.15, 0.2) is 72.2 Å². The number of halogens is 1. The van der Waals surface area contributed by atoms with Gasteiger partial charge in [-0.1, -0.05) is 72.2 Å². The number of anilines is 1. The van der Waals surface area contributed by atoms with Crippen LogP contribution < -0.4 is 30.5 Å². The summed E-state index contributed by atoms with van der Waals surface area (Å²) in [6.45, 7) is 16.0. The number of aliphatic hydroxyl groups is 1. The predicted octanol–water partition coefficient (Wildman–Crippen LogP) is 7.09. The zero-order valence-corrected chi connectivity index (χ0v) is 41.2. The van der Waals surface area contributed by atoms with Crippen LogP contribution in [0.3, 0.4) is 0 Å². The summed E-state index contributed by atoms with van der Waals surface area (Å²) in [6, 6.07) is 19.6. The summed E-state index contributed by atoms with van der Waals surface area (Å²) >= 11 is 7.79. The SMILES string of the molecule is Cc1ncsc1-c1ccc(N(C)NC(=O)[C@@H]2C[C@@H](O)CN2C(=O)C(NC(=O)COCCCCOc2ccc(C(=O)NC3C(C)(C)C(Oc4ccc(C#N)c(Cl)c4)C3(C)C)cc2)C(C)(C)C)cc1. The first-order chi connectivity index (χ1) is 31.6. The van der Waals surface area contributed by atoms with Crippen LogP contribution in [-0.2, 0) is 19.1 Å². The first kappa shape index (κ1) is 50.7. The Morgan fingerprint density at radius 2 is 1.66 bits per heavy atom. The van der Waals surface area contributed by atoms with E-state index in [9.17, 15) is 29.5 Å². The zero-order valence-electron chi connectivity index (χ0n) is 39.6. The summed E-state index contributed by atoms with van der Waals surface area (Å²) in [6.07, 6.45) is 0.188. The van der Waals surface area contributed by atoms with Gasteiger partial charge in [0.15, 0.2) is 0 Å². The molecular formula is C50H62ClN7O8S. The van der Waals surface area contributed by atoms with Crippen LogP contribution in [0.1, 0.15) is 89.3 Å². The molecule has 4 aromatic rings. The Kier molecular flexibility index (Phi) is 15.9. The van der Waals surface area contributed by atoms with Gasteiger partial charge < -0.3 is 34.9 Å². The van der Waals surface area contributed by atoms with Crippen molar-refractivity contribution >= 4 is 52.3 Å². The molecule has 2 aliphatic rings. The van der Waals surface area contributed by atoms with Crippen molar-refractivity contribution in [1.82, 2.24) is 25.9 Å². The molecular weight excluding hydrogens is 894 g/mol. The molecule has 6 rings (SSSR count). The van der Waals surface area contributed by atoms with E-state index in [1.807, 2.05) is 52.0 Å². The van der Waals surface area contributed by atoms with Gasteiger partial charge in [0.1, 0.15) is 42.4 Å². The Hall–Kier alpha value is -5.73. The second kappa shape index (κ2) is 21.1. The predicted molar refractivity (Wildman–Crippen MR) is 258 cm³/mol. The number of hydrazine groups is 1. The number of unbranched alkanes of at least 4 members (excludes halogenated alkanes) is 1. The number of carbonyl (C=O) groups excluding carboxylic acids is 4. The molecule has 1 saturated heterocycles. The van der Waals surface area contributed by atoms with Gasteiger partial charge in [-0.15, -0.1) is 11.3 Å². The summed E-state index contributed by atoms with van der Waals surface area (Å²) in [5.74, 6) is -0.418. The lowest BCUT2D eigenvalue weighted by atomic mass is 9.49. The number of carbonyl (C=O) groups is 4. The number of nitriles is 1. The minimum Gasteiger partial charge on any atom is -0.494 e. The number of ether oxygens (including phenoxy) is 3. The number of nitrogens with zero attached hydrogens (tertiary/aromatic N) is 4. The van der Waals surface area contributed by atoms with Gasteiger partial charge in [-0.05, 0) is 79.3 Å². The number of likely N-dealkylation sites (tertiary alicyclic amines) is 1. The molecule has 15 nitrogen and oxygen atoms in total. The minimum absolute atomic E-state index is 0.0431. The third kappa shape index (κ3) is 11.9. The largest absolute Gasteiger partial charge is 0.494 e. The highest BCUT2D eigenvalue weighted by molar-refractivity contribution is 7.13. The fourth-order valence-electron chi connectivity index (χ4n) is 9.22. The smallest absolute Gasteiger partial charge is 0.261 e. The maximum absolute atomic E-state index is 14.0. The van der Waals surface area contributed by atoms with Crippen molar-refractivity contribution in [1.29, 1.82) is 5.26 Å². The second-order valence-electron chi connectivity index (χ2n) is 19.5. The fourth-order valence-corrected chi connectivity index (χ4v) is 10.2. The number of aryl methyl sites for hydroxylation is 1. The highest BCUT2D eigenvalue weighted by Crippen LogP contribution is 2.55. The van der Waals surface area contributed by atoms with Crippen LogP contribution in [0.4, 0.5) is 5.69 Å². The van der Waals surface area contributed by atoms with Crippen molar-refractivity contribution in [3.8, 4) is 28.0 Å². The van der Waals surface area contributed by atoms with Crippen molar-refractivity contribution in [3.63, 3.8) is 0 Å². The van der Waals surface area contributed by atoms with E-state index in [1.54, 1.807) is 71.4 Å². The molecule has 67 heavy (non-hydrogen) atoms. The number of β-amino-alcohol motifs (C(OH)–C–C–N with tert-alkyl or cyclic N) is 1. The van der Waals surface area contributed by atoms with Crippen molar-refractivity contribution in [2.24, 2.45) is 16.2 Å². The molecule has 2 heterocycles. The molecule has 1 saturated carbocycles. The van der Waals surface area contributed by atoms with E-state index in [-0.39, 0.29) is 44.2 Å². The van der Waals surface area contributed by atoms with Gasteiger partial charge in [-0.3, -0.25) is 29.6 Å². The number of rotatable bonds is 18. The third-order valence-electron chi connectivity index (χ3n) is 12.6. The topological polar surface area (TPSA) is 195 Å². The van der Waals surface area contributed by atoms with Gasteiger partial charge in [0.25, 0.3) is 11.8 Å². The Bertz CT molecular complexity index is 2430. The average Bonchev–Trinajstić information content (AvgIpc) is 3.90. The second-order valence-corrected chi connectivity index (χ2v) is 20.8. The molecule has 358 valence electrons. The molecule has 17 heteroatoms. The quantitative estimate of drug-likeness (QED) is 0.0588. The summed E-state index contributed by atoms with van der Waals surface area (Å²) in [5.41, 5.74) is 6.70. The number of aromatic nitrogens is 1. The van der Waals surface area contributed by atoms with Gasteiger partial charge in [0, 0.05) is 55.1 Å². The Morgan fingerprint density at radius 1 is 1.00 bits per heavy atom. The van der Waals surface area contributed by atoms with Gasteiger partial charge in [-0.2, -0.15) is 5.26 Å².